The van der Waals surface area contributed by atoms with Crippen LogP contribution in [-0.4, -0.2) is 54.0 Å². The summed E-state index contributed by atoms with van der Waals surface area (Å²) in [6.07, 6.45) is 8.68. The van der Waals surface area contributed by atoms with Crippen LogP contribution in [0.25, 0.3) is 10.8 Å². The van der Waals surface area contributed by atoms with Crippen LogP contribution in [0, 0.1) is 0 Å². The highest BCUT2D eigenvalue weighted by Crippen LogP contribution is 2.41. The number of likely N-dealkylation sites (tertiary alicyclic amines) is 1. The molecule has 1 amide bonds. The Morgan fingerprint density at radius 3 is 2.58 bits per heavy atom. The predicted molar refractivity (Wildman–Crippen MR) is 134 cm³/mol. The van der Waals surface area contributed by atoms with Crippen molar-refractivity contribution in [2.45, 2.75) is 82.3 Å². The molecule has 1 atom stereocenters. The molecule has 2 aromatic carbocycles. The standard InChI is InChI=1S/C28H40N2O3/c1-2-3-19-33-27(31)29-25-13-17-30(18-14-25)21-26(28(32)15-7-4-8-16-28)24-12-11-22-9-5-6-10-23(22)20-24/h5-6,9-12,20,25-26,32H,2-4,7-8,13-19,21H2,1H3,(H,29,31). The van der Waals surface area contributed by atoms with Gasteiger partial charge in [-0.05, 0) is 48.4 Å². The number of nitrogens with one attached hydrogen (secondary N) is 1. The molecule has 5 heteroatoms. The maximum atomic E-state index is 12.0. The number of hydrogen-bond acceptors (Lipinski definition) is 4. The summed E-state index contributed by atoms with van der Waals surface area (Å²) in [5, 5.41) is 17.3. The molecule has 2 fully saturated rings. The number of alkyl carbamates (subject to hydrolysis) is 1. The highest BCUT2D eigenvalue weighted by Gasteiger charge is 2.40. The molecule has 0 aromatic heterocycles. The van der Waals surface area contributed by atoms with Gasteiger partial charge in [0.25, 0.3) is 0 Å². The van der Waals surface area contributed by atoms with Crippen molar-refractivity contribution in [3.8, 4) is 0 Å². The Labute approximate surface area is 198 Å². The lowest BCUT2D eigenvalue weighted by molar-refractivity contribution is -0.0326. The first kappa shape index (κ1) is 24.0. The fourth-order valence-electron chi connectivity index (χ4n) is 5.56. The molecule has 0 radical (unpaired) electrons. The lowest BCUT2D eigenvalue weighted by Crippen LogP contribution is -2.49. The predicted octanol–water partition coefficient (Wildman–Crippen LogP) is 5.61. The van der Waals surface area contributed by atoms with Gasteiger partial charge in [-0.2, -0.15) is 0 Å². The van der Waals surface area contributed by atoms with Gasteiger partial charge in [-0.3, -0.25) is 0 Å². The number of benzene rings is 2. The van der Waals surface area contributed by atoms with E-state index in [1.807, 2.05) is 0 Å². The van der Waals surface area contributed by atoms with Gasteiger partial charge >= 0.3 is 6.09 Å². The van der Waals surface area contributed by atoms with Crippen molar-refractivity contribution in [1.29, 1.82) is 0 Å². The molecule has 2 aliphatic rings. The van der Waals surface area contributed by atoms with Crippen LogP contribution in [0.15, 0.2) is 42.5 Å². The van der Waals surface area contributed by atoms with Gasteiger partial charge in [0.15, 0.2) is 0 Å². The summed E-state index contributed by atoms with van der Waals surface area (Å²) in [5.41, 5.74) is 0.608. The largest absolute Gasteiger partial charge is 0.450 e. The Morgan fingerprint density at radius 2 is 1.85 bits per heavy atom. The number of piperidine rings is 1. The molecule has 1 aliphatic heterocycles. The van der Waals surface area contributed by atoms with E-state index >= 15 is 0 Å². The smallest absolute Gasteiger partial charge is 0.407 e. The van der Waals surface area contributed by atoms with E-state index in [1.165, 1.54) is 22.8 Å². The number of carbonyl (C=O) groups excluding carboxylic acids is 1. The van der Waals surface area contributed by atoms with Crippen LogP contribution in [-0.2, 0) is 4.74 Å². The SMILES string of the molecule is CCCCOC(=O)NC1CCN(CC(c2ccc3ccccc3c2)C2(O)CCCCC2)CC1. The van der Waals surface area contributed by atoms with Crippen molar-refractivity contribution in [3.63, 3.8) is 0 Å². The fourth-order valence-corrected chi connectivity index (χ4v) is 5.56. The van der Waals surface area contributed by atoms with E-state index in [0.29, 0.717) is 6.61 Å². The molecule has 1 aliphatic carbocycles. The van der Waals surface area contributed by atoms with Crippen LogP contribution in [0.2, 0.25) is 0 Å². The maximum Gasteiger partial charge on any atom is 0.407 e. The zero-order chi connectivity index (χ0) is 23.1. The highest BCUT2D eigenvalue weighted by molar-refractivity contribution is 5.83. The number of unbranched alkanes of at least 4 members (excludes halogenated alkanes) is 1. The van der Waals surface area contributed by atoms with E-state index in [2.05, 4.69) is 59.6 Å². The summed E-state index contributed by atoms with van der Waals surface area (Å²) < 4.78 is 5.27. The van der Waals surface area contributed by atoms with Gasteiger partial charge < -0.3 is 20.1 Å². The molecule has 0 bridgehead atoms. The Balaban J connectivity index is 1.41. The van der Waals surface area contributed by atoms with Crippen LogP contribution in [0.4, 0.5) is 4.79 Å². The fraction of sp³-hybridized carbons (Fsp3) is 0.607. The van der Waals surface area contributed by atoms with Crippen molar-refractivity contribution < 1.29 is 14.6 Å². The normalized spacial score (nSPS) is 20.4. The zero-order valence-electron chi connectivity index (χ0n) is 20.1. The number of fused-ring (bicyclic) bond motifs is 1. The van der Waals surface area contributed by atoms with E-state index in [-0.39, 0.29) is 18.1 Å². The summed E-state index contributed by atoms with van der Waals surface area (Å²) in [6, 6.07) is 15.4. The molecule has 1 saturated carbocycles. The minimum Gasteiger partial charge on any atom is -0.450 e. The monoisotopic (exact) mass is 452 g/mol. The van der Waals surface area contributed by atoms with Gasteiger partial charge in [-0.25, -0.2) is 4.79 Å². The topological polar surface area (TPSA) is 61.8 Å². The summed E-state index contributed by atoms with van der Waals surface area (Å²) in [7, 11) is 0. The third-order valence-corrected chi connectivity index (χ3v) is 7.63. The summed E-state index contributed by atoms with van der Waals surface area (Å²) in [6.45, 7) is 5.31. The molecule has 5 nitrogen and oxygen atoms in total. The lowest BCUT2D eigenvalue weighted by Gasteiger charge is -2.43. The lowest BCUT2D eigenvalue weighted by atomic mass is 9.72. The second-order valence-electron chi connectivity index (χ2n) is 10.0. The molecule has 1 saturated heterocycles. The first-order chi connectivity index (χ1) is 16.1. The Hall–Kier alpha value is -2.11. The minimum absolute atomic E-state index is 0.103. The Bertz CT molecular complexity index is 901. The van der Waals surface area contributed by atoms with Crippen LogP contribution in [0.1, 0.15) is 76.2 Å². The van der Waals surface area contributed by atoms with Crippen LogP contribution in [0.3, 0.4) is 0 Å². The first-order valence-electron chi connectivity index (χ1n) is 12.9. The number of carbonyl (C=O) groups is 1. The van der Waals surface area contributed by atoms with E-state index in [0.717, 1.165) is 71.0 Å². The van der Waals surface area contributed by atoms with Crippen molar-refractivity contribution in [3.05, 3.63) is 48.0 Å². The van der Waals surface area contributed by atoms with Gasteiger partial charge in [-0.1, -0.05) is 75.1 Å². The van der Waals surface area contributed by atoms with Gasteiger partial charge in [0, 0.05) is 31.6 Å². The number of ether oxygens (including phenoxy) is 1. The van der Waals surface area contributed by atoms with Crippen LogP contribution >= 0.6 is 0 Å². The third-order valence-electron chi connectivity index (χ3n) is 7.63. The highest BCUT2D eigenvalue weighted by atomic mass is 16.5. The summed E-state index contributed by atoms with van der Waals surface area (Å²) in [5.74, 6) is 0.103. The molecular formula is C28H40N2O3. The van der Waals surface area contributed by atoms with Crippen molar-refractivity contribution in [2.75, 3.05) is 26.2 Å². The number of aliphatic hydroxyl groups is 1. The average Bonchev–Trinajstić information content (AvgIpc) is 2.84. The molecule has 4 rings (SSSR count). The summed E-state index contributed by atoms with van der Waals surface area (Å²) in [4.78, 5) is 14.5. The van der Waals surface area contributed by atoms with Crippen molar-refractivity contribution in [1.82, 2.24) is 10.2 Å². The average molecular weight is 453 g/mol. The molecule has 180 valence electrons. The molecule has 2 N–H and O–H groups in total. The molecule has 33 heavy (non-hydrogen) atoms. The van der Waals surface area contributed by atoms with E-state index in [1.54, 1.807) is 0 Å². The third kappa shape index (κ3) is 6.27. The number of rotatable bonds is 8. The Kier molecular flexibility index (Phi) is 8.26. The zero-order valence-corrected chi connectivity index (χ0v) is 20.1. The quantitative estimate of drug-likeness (QED) is 0.511. The van der Waals surface area contributed by atoms with Crippen LogP contribution < -0.4 is 5.32 Å². The number of amides is 1. The van der Waals surface area contributed by atoms with Gasteiger partial charge in [-0.15, -0.1) is 0 Å². The van der Waals surface area contributed by atoms with Gasteiger partial charge in [0.1, 0.15) is 0 Å². The van der Waals surface area contributed by atoms with Crippen molar-refractivity contribution in [2.24, 2.45) is 0 Å². The van der Waals surface area contributed by atoms with E-state index in [9.17, 15) is 9.90 Å². The molecular weight excluding hydrogens is 412 g/mol. The Morgan fingerprint density at radius 1 is 1.12 bits per heavy atom. The van der Waals surface area contributed by atoms with E-state index in [4.69, 9.17) is 4.74 Å². The maximum absolute atomic E-state index is 12.0. The molecule has 1 heterocycles. The molecule has 1 unspecified atom stereocenters. The second-order valence-corrected chi connectivity index (χ2v) is 10.0. The minimum atomic E-state index is -0.640. The van der Waals surface area contributed by atoms with Crippen molar-refractivity contribution >= 4 is 16.9 Å². The van der Waals surface area contributed by atoms with Crippen LogP contribution in [0.5, 0.6) is 0 Å². The van der Waals surface area contributed by atoms with Gasteiger partial charge in [0.05, 0.1) is 12.2 Å². The number of hydrogen-bond donors (Lipinski definition) is 2. The molecule has 2 aromatic rings. The summed E-state index contributed by atoms with van der Waals surface area (Å²) >= 11 is 0. The van der Waals surface area contributed by atoms with Gasteiger partial charge in [0.2, 0.25) is 0 Å². The molecule has 0 spiro atoms. The van der Waals surface area contributed by atoms with E-state index < -0.39 is 5.60 Å². The second kappa shape index (κ2) is 11.3. The number of nitrogens with zero attached hydrogens (tertiary/aromatic N) is 1. The first-order valence-corrected chi connectivity index (χ1v) is 12.9.